The van der Waals surface area contributed by atoms with Crippen molar-refractivity contribution in [3.05, 3.63) is 59.8 Å². The zero-order valence-corrected chi connectivity index (χ0v) is 16.6. The van der Waals surface area contributed by atoms with Crippen molar-refractivity contribution >= 4 is 11.9 Å². The van der Waals surface area contributed by atoms with E-state index < -0.39 is 11.9 Å². The largest absolute Gasteiger partial charge is 0.490 e. The van der Waals surface area contributed by atoms with Crippen molar-refractivity contribution in [3.8, 4) is 22.8 Å². The molecule has 0 unspecified atom stereocenters. The van der Waals surface area contributed by atoms with Crippen LogP contribution in [0.4, 0.5) is 0 Å². The third kappa shape index (κ3) is 5.13. The lowest BCUT2D eigenvalue weighted by atomic mass is 10.1. The Labute approximate surface area is 172 Å². The van der Waals surface area contributed by atoms with Crippen LogP contribution in [-0.4, -0.2) is 54.3 Å². The Morgan fingerprint density at radius 2 is 1.47 bits per heavy atom. The number of rotatable bonds is 9. The van der Waals surface area contributed by atoms with Gasteiger partial charge in [-0.25, -0.2) is 9.59 Å². The van der Waals surface area contributed by atoms with Crippen molar-refractivity contribution in [3.63, 3.8) is 0 Å². The first kappa shape index (κ1) is 20.8. The van der Waals surface area contributed by atoms with E-state index in [1.165, 1.54) is 7.11 Å². The van der Waals surface area contributed by atoms with Gasteiger partial charge in [0.1, 0.15) is 30.4 Å². The molecule has 0 radical (unpaired) electrons. The molecule has 0 saturated heterocycles. The maximum atomic E-state index is 11.9. The second-order valence-corrected chi connectivity index (χ2v) is 5.98. The van der Waals surface area contributed by atoms with E-state index in [4.69, 9.17) is 14.2 Å². The van der Waals surface area contributed by atoms with Crippen LogP contribution >= 0.6 is 0 Å². The second-order valence-electron chi connectivity index (χ2n) is 5.98. The van der Waals surface area contributed by atoms with Gasteiger partial charge in [0, 0.05) is 5.56 Å². The fourth-order valence-corrected chi connectivity index (χ4v) is 2.61. The second kappa shape index (κ2) is 10.1. The Hall–Kier alpha value is -3.88. The summed E-state index contributed by atoms with van der Waals surface area (Å²) in [6.45, 7) is 2.64. The lowest BCUT2D eigenvalue weighted by Gasteiger charge is -2.09. The highest BCUT2D eigenvalue weighted by molar-refractivity contribution is 5.93. The van der Waals surface area contributed by atoms with E-state index in [0.717, 1.165) is 0 Å². The molecule has 0 saturated carbocycles. The summed E-state index contributed by atoms with van der Waals surface area (Å²) in [5, 5.41) is 10.3. The molecule has 9 nitrogen and oxygen atoms in total. The van der Waals surface area contributed by atoms with E-state index in [1.807, 2.05) is 0 Å². The van der Waals surface area contributed by atoms with Crippen LogP contribution in [0.1, 0.15) is 27.8 Å². The molecule has 0 aliphatic rings. The number of esters is 2. The summed E-state index contributed by atoms with van der Waals surface area (Å²) in [5.74, 6) is 0.343. The molecule has 1 heterocycles. The molecule has 9 heteroatoms. The molecule has 0 spiro atoms. The molecule has 0 aliphatic carbocycles. The summed E-state index contributed by atoms with van der Waals surface area (Å²) >= 11 is 0. The first-order valence-electron chi connectivity index (χ1n) is 9.24. The van der Waals surface area contributed by atoms with E-state index in [0.29, 0.717) is 41.5 Å². The van der Waals surface area contributed by atoms with Gasteiger partial charge in [-0.1, -0.05) is 0 Å². The van der Waals surface area contributed by atoms with Crippen molar-refractivity contribution in [1.29, 1.82) is 0 Å². The molecule has 156 valence electrons. The van der Waals surface area contributed by atoms with Crippen LogP contribution in [0.5, 0.6) is 11.5 Å². The Morgan fingerprint density at radius 3 is 2.03 bits per heavy atom. The van der Waals surface area contributed by atoms with Crippen LogP contribution in [-0.2, 0) is 9.47 Å². The number of carbonyl (C=O) groups excluding carboxylic acids is 2. The average molecular weight is 411 g/mol. The first-order valence-corrected chi connectivity index (χ1v) is 9.24. The van der Waals surface area contributed by atoms with E-state index in [2.05, 4.69) is 20.1 Å². The van der Waals surface area contributed by atoms with E-state index in [-0.39, 0.29) is 12.3 Å². The van der Waals surface area contributed by atoms with Gasteiger partial charge in [-0.15, -0.1) is 5.10 Å². The summed E-state index contributed by atoms with van der Waals surface area (Å²) in [6.07, 6.45) is 0. The molecule has 0 bridgehead atoms. The molecular formula is C21H21N3O6. The summed E-state index contributed by atoms with van der Waals surface area (Å²) in [5.41, 5.74) is 1.72. The van der Waals surface area contributed by atoms with E-state index >= 15 is 0 Å². The van der Waals surface area contributed by atoms with Crippen LogP contribution in [0.25, 0.3) is 11.3 Å². The number of hydrogen-bond acceptors (Lipinski definition) is 8. The Bertz CT molecular complexity index is 983. The van der Waals surface area contributed by atoms with Gasteiger partial charge in [0.25, 0.3) is 0 Å². The smallest absolute Gasteiger partial charge is 0.361 e. The van der Waals surface area contributed by atoms with Gasteiger partial charge in [-0.2, -0.15) is 10.3 Å². The van der Waals surface area contributed by atoms with Crippen molar-refractivity contribution in [2.75, 3.05) is 26.9 Å². The highest BCUT2D eigenvalue weighted by Crippen LogP contribution is 2.23. The molecule has 0 fully saturated rings. The average Bonchev–Trinajstić information content (AvgIpc) is 3.27. The number of aromatic nitrogens is 3. The van der Waals surface area contributed by atoms with Crippen LogP contribution in [0.2, 0.25) is 0 Å². The zero-order valence-electron chi connectivity index (χ0n) is 16.6. The summed E-state index contributed by atoms with van der Waals surface area (Å²) < 4.78 is 20.9. The number of methoxy groups -OCH3 is 1. The third-order valence-corrected chi connectivity index (χ3v) is 4.04. The molecule has 0 aliphatic heterocycles. The van der Waals surface area contributed by atoms with Crippen LogP contribution < -0.4 is 9.47 Å². The third-order valence-electron chi connectivity index (χ3n) is 4.04. The lowest BCUT2D eigenvalue weighted by Crippen LogP contribution is -2.09. The topological polar surface area (TPSA) is 113 Å². The maximum absolute atomic E-state index is 11.9. The number of aromatic amines is 1. The van der Waals surface area contributed by atoms with Crippen molar-refractivity contribution < 1.29 is 28.5 Å². The minimum absolute atomic E-state index is 0.136. The van der Waals surface area contributed by atoms with Gasteiger partial charge in [0.05, 0.1) is 19.3 Å². The van der Waals surface area contributed by atoms with E-state index in [9.17, 15) is 9.59 Å². The van der Waals surface area contributed by atoms with Crippen LogP contribution in [0.15, 0.2) is 48.5 Å². The number of benzene rings is 2. The highest BCUT2D eigenvalue weighted by Gasteiger charge is 2.18. The number of ether oxygens (including phenoxy) is 4. The van der Waals surface area contributed by atoms with E-state index in [1.54, 1.807) is 55.5 Å². The van der Waals surface area contributed by atoms with Crippen LogP contribution in [0, 0.1) is 0 Å². The quantitative estimate of drug-likeness (QED) is 0.422. The van der Waals surface area contributed by atoms with Crippen molar-refractivity contribution in [2.24, 2.45) is 0 Å². The Kier molecular flexibility index (Phi) is 6.99. The predicted molar refractivity (Wildman–Crippen MR) is 107 cm³/mol. The SMILES string of the molecule is CCOC(=O)c1n[nH]nc1-c1ccc(OCCOc2ccc(C(=O)OC)cc2)cc1. The molecular weight excluding hydrogens is 390 g/mol. The van der Waals surface area contributed by atoms with Crippen molar-refractivity contribution in [2.45, 2.75) is 6.92 Å². The lowest BCUT2D eigenvalue weighted by molar-refractivity contribution is 0.0519. The standard InChI is InChI=1S/C21H21N3O6/c1-3-28-21(26)19-18(22-24-23-19)14-4-8-16(9-5-14)29-12-13-30-17-10-6-15(7-11-17)20(25)27-2/h4-11H,3,12-13H2,1-2H3,(H,22,23,24). The van der Waals surface area contributed by atoms with Crippen molar-refractivity contribution in [1.82, 2.24) is 15.4 Å². The Morgan fingerprint density at radius 1 is 0.867 bits per heavy atom. The molecule has 1 N–H and O–H groups in total. The molecule has 3 rings (SSSR count). The highest BCUT2D eigenvalue weighted by atomic mass is 16.5. The molecule has 1 aromatic heterocycles. The minimum Gasteiger partial charge on any atom is -0.490 e. The predicted octanol–water partition coefficient (Wildman–Crippen LogP) is 2.89. The minimum atomic E-state index is -0.529. The van der Waals surface area contributed by atoms with Gasteiger partial charge in [-0.3, -0.25) is 0 Å². The molecule has 30 heavy (non-hydrogen) atoms. The monoisotopic (exact) mass is 411 g/mol. The Balaban J connectivity index is 1.50. The normalized spacial score (nSPS) is 10.3. The molecule has 0 atom stereocenters. The maximum Gasteiger partial charge on any atom is 0.361 e. The van der Waals surface area contributed by atoms with Gasteiger partial charge in [0.2, 0.25) is 0 Å². The molecule has 2 aromatic carbocycles. The number of nitrogens with one attached hydrogen (secondary N) is 1. The van der Waals surface area contributed by atoms with Crippen LogP contribution in [0.3, 0.4) is 0 Å². The zero-order chi connectivity index (χ0) is 21.3. The number of carbonyl (C=O) groups is 2. The summed E-state index contributed by atoms with van der Waals surface area (Å²) in [7, 11) is 1.33. The fourth-order valence-electron chi connectivity index (χ4n) is 2.61. The number of H-pyrrole nitrogens is 1. The molecule has 0 amide bonds. The number of nitrogens with zero attached hydrogens (tertiary/aromatic N) is 2. The van der Waals surface area contributed by atoms with Gasteiger partial charge in [0.15, 0.2) is 5.69 Å². The van der Waals surface area contributed by atoms with Gasteiger partial charge >= 0.3 is 11.9 Å². The summed E-state index contributed by atoms with van der Waals surface area (Å²) in [6, 6.07) is 13.8. The summed E-state index contributed by atoms with van der Waals surface area (Å²) in [4.78, 5) is 23.3. The van der Waals surface area contributed by atoms with Gasteiger partial charge < -0.3 is 18.9 Å². The first-order chi connectivity index (χ1) is 14.6. The molecule has 3 aromatic rings. The fraction of sp³-hybridized carbons (Fsp3) is 0.238. The number of hydrogen-bond donors (Lipinski definition) is 1. The van der Waals surface area contributed by atoms with Gasteiger partial charge in [-0.05, 0) is 55.5 Å².